The van der Waals surface area contributed by atoms with Gasteiger partial charge in [0.05, 0.1) is 27.3 Å². The molecule has 0 bridgehead atoms. The molecule has 0 atom stereocenters. The van der Waals surface area contributed by atoms with Crippen molar-refractivity contribution in [2.45, 2.75) is 0 Å². The Hall–Kier alpha value is -3.10. The zero-order chi connectivity index (χ0) is 21.3. The lowest BCUT2D eigenvalue weighted by Gasteiger charge is -2.33. The van der Waals surface area contributed by atoms with Crippen LogP contribution in [0.2, 0.25) is 0 Å². The van der Waals surface area contributed by atoms with Crippen molar-refractivity contribution < 1.29 is 19.1 Å². The highest BCUT2D eigenvalue weighted by Gasteiger charge is 2.20. The fourth-order valence-electron chi connectivity index (χ4n) is 3.31. The third kappa shape index (κ3) is 6.47. The van der Waals surface area contributed by atoms with Crippen LogP contribution in [0.4, 0.5) is 11.4 Å². The number of anilines is 2. The third-order valence-electron chi connectivity index (χ3n) is 4.91. The number of rotatable bonds is 8. The Morgan fingerprint density at radius 2 is 1.17 bits per heavy atom. The van der Waals surface area contributed by atoms with E-state index in [1.165, 1.54) is 0 Å². The summed E-state index contributed by atoms with van der Waals surface area (Å²) in [7, 11) is 3.19. The highest BCUT2D eigenvalue weighted by atomic mass is 16.5. The van der Waals surface area contributed by atoms with Crippen molar-refractivity contribution >= 4 is 23.2 Å². The molecule has 0 aromatic heterocycles. The number of methoxy groups -OCH3 is 2. The van der Waals surface area contributed by atoms with Crippen LogP contribution < -0.4 is 20.1 Å². The topological polar surface area (TPSA) is 83.1 Å². The quantitative estimate of drug-likeness (QED) is 0.689. The second-order valence-corrected chi connectivity index (χ2v) is 7.11. The molecule has 1 aliphatic heterocycles. The fourth-order valence-corrected chi connectivity index (χ4v) is 3.31. The first kappa shape index (κ1) is 21.6. The Bertz CT molecular complexity index is 794. The van der Waals surface area contributed by atoms with Gasteiger partial charge in [-0.15, -0.1) is 0 Å². The average Bonchev–Trinajstić information content (AvgIpc) is 2.75. The van der Waals surface area contributed by atoms with Gasteiger partial charge >= 0.3 is 0 Å². The van der Waals surface area contributed by atoms with Gasteiger partial charge < -0.3 is 20.1 Å². The van der Waals surface area contributed by atoms with E-state index < -0.39 is 0 Å². The van der Waals surface area contributed by atoms with E-state index in [4.69, 9.17) is 9.47 Å². The summed E-state index contributed by atoms with van der Waals surface area (Å²) in [6.07, 6.45) is 0. The molecule has 1 aliphatic rings. The molecule has 2 N–H and O–H groups in total. The smallest absolute Gasteiger partial charge is 0.238 e. The first-order chi connectivity index (χ1) is 14.6. The number of benzene rings is 2. The van der Waals surface area contributed by atoms with Crippen LogP contribution >= 0.6 is 0 Å². The number of hydrogen-bond donors (Lipinski definition) is 2. The maximum absolute atomic E-state index is 12.3. The molecule has 0 unspecified atom stereocenters. The molecule has 0 spiro atoms. The van der Waals surface area contributed by atoms with Gasteiger partial charge in [-0.1, -0.05) is 12.1 Å². The Kier molecular flexibility index (Phi) is 7.64. The molecule has 0 aliphatic carbocycles. The molecule has 30 heavy (non-hydrogen) atoms. The Morgan fingerprint density at radius 1 is 0.767 bits per heavy atom. The molecule has 1 fully saturated rings. The number of ether oxygens (including phenoxy) is 2. The number of nitrogens with zero attached hydrogens (tertiary/aromatic N) is 2. The number of carbonyl (C=O) groups is 2. The molecule has 2 amide bonds. The van der Waals surface area contributed by atoms with Gasteiger partial charge in [-0.05, 0) is 24.3 Å². The van der Waals surface area contributed by atoms with E-state index in [0.29, 0.717) is 36.0 Å². The molecule has 3 rings (SSSR count). The van der Waals surface area contributed by atoms with Crippen LogP contribution in [-0.4, -0.2) is 75.1 Å². The van der Waals surface area contributed by atoms with E-state index >= 15 is 0 Å². The summed E-state index contributed by atoms with van der Waals surface area (Å²) in [6, 6.07) is 14.6. The number of hydrogen-bond acceptors (Lipinski definition) is 6. The molecular formula is C22H28N4O4. The number of amides is 2. The Labute approximate surface area is 176 Å². The molecule has 2 aromatic carbocycles. The Morgan fingerprint density at radius 3 is 1.53 bits per heavy atom. The minimum Gasteiger partial charge on any atom is -0.497 e. The van der Waals surface area contributed by atoms with Crippen molar-refractivity contribution in [2.24, 2.45) is 0 Å². The SMILES string of the molecule is COc1cccc(NC(=O)CN2CCN(CC(=O)Nc3cccc(OC)c3)CC2)c1. The van der Waals surface area contributed by atoms with Crippen molar-refractivity contribution in [3.8, 4) is 11.5 Å². The van der Waals surface area contributed by atoms with E-state index in [9.17, 15) is 9.59 Å². The minimum absolute atomic E-state index is 0.0625. The number of carbonyl (C=O) groups excluding carboxylic acids is 2. The van der Waals surface area contributed by atoms with E-state index in [2.05, 4.69) is 20.4 Å². The van der Waals surface area contributed by atoms with E-state index in [1.54, 1.807) is 26.4 Å². The molecule has 0 radical (unpaired) electrons. The largest absolute Gasteiger partial charge is 0.497 e. The van der Waals surface area contributed by atoms with Gasteiger partial charge in [0.15, 0.2) is 0 Å². The summed E-state index contributed by atoms with van der Waals surface area (Å²) in [5.74, 6) is 1.28. The lowest BCUT2D eigenvalue weighted by atomic mass is 10.2. The number of nitrogens with one attached hydrogen (secondary N) is 2. The van der Waals surface area contributed by atoms with Crippen LogP contribution in [0.1, 0.15) is 0 Å². The summed E-state index contributed by atoms with van der Waals surface area (Å²) in [5, 5.41) is 5.79. The van der Waals surface area contributed by atoms with E-state index in [1.807, 2.05) is 36.4 Å². The third-order valence-corrected chi connectivity index (χ3v) is 4.91. The van der Waals surface area contributed by atoms with Gasteiger partial charge in [0.25, 0.3) is 0 Å². The summed E-state index contributed by atoms with van der Waals surface area (Å²) >= 11 is 0. The second-order valence-electron chi connectivity index (χ2n) is 7.11. The van der Waals surface area contributed by atoms with Gasteiger partial charge in [0.2, 0.25) is 11.8 Å². The Balaban J connectivity index is 1.39. The lowest BCUT2D eigenvalue weighted by molar-refractivity contribution is -0.120. The predicted octanol–water partition coefficient (Wildman–Crippen LogP) is 1.90. The normalized spacial score (nSPS) is 14.7. The maximum atomic E-state index is 12.3. The monoisotopic (exact) mass is 412 g/mol. The molecule has 1 saturated heterocycles. The van der Waals surface area contributed by atoms with Crippen LogP contribution in [0, 0.1) is 0 Å². The van der Waals surface area contributed by atoms with Gasteiger partial charge in [0.1, 0.15) is 11.5 Å². The molecule has 160 valence electrons. The summed E-state index contributed by atoms with van der Waals surface area (Å²) < 4.78 is 10.3. The summed E-state index contributed by atoms with van der Waals surface area (Å²) in [4.78, 5) is 28.8. The van der Waals surface area contributed by atoms with E-state index in [-0.39, 0.29) is 11.8 Å². The zero-order valence-electron chi connectivity index (χ0n) is 17.4. The van der Waals surface area contributed by atoms with Gasteiger partial charge in [-0.25, -0.2) is 0 Å². The first-order valence-corrected chi connectivity index (χ1v) is 9.88. The van der Waals surface area contributed by atoms with Gasteiger partial charge in [-0.3, -0.25) is 19.4 Å². The molecule has 8 heteroatoms. The average molecular weight is 412 g/mol. The second kappa shape index (κ2) is 10.6. The van der Waals surface area contributed by atoms with Crippen LogP contribution in [0.3, 0.4) is 0 Å². The standard InChI is InChI=1S/C22H28N4O4/c1-29-19-7-3-5-17(13-19)23-21(27)15-25-9-11-26(12-10-25)16-22(28)24-18-6-4-8-20(14-18)30-2/h3-8,13-14H,9-12,15-16H2,1-2H3,(H,23,27)(H,24,28). The lowest BCUT2D eigenvalue weighted by Crippen LogP contribution is -2.50. The van der Waals surface area contributed by atoms with Crippen LogP contribution in [0.5, 0.6) is 11.5 Å². The predicted molar refractivity (Wildman–Crippen MR) is 116 cm³/mol. The van der Waals surface area contributed by atoms with Crippen molar-refractivity contribution in [3.05, 3.63) is 48.5 Å². The molecule has 2 aromatic rings. The van der Waals surface area contributed by atoms with Crippen molar-refractivity contribution in [1.82, 2.24) is 9.80 Å². The van der Waals surface area contributed by atoms with Crippen molar-refractivity contribution in [2.75, 3.05) is 64.1 Å². The highest BCUT2D eigenvalue weighted by molar-refractivity contribution is 5.93. The fraction of sp³-hybridized carbons (Fsp3) is 0.364. The zero-order valence-corrected chi connectivity index (χ0v) is 17.4. The molecular weight excluding hydrogens is 384 g/mol. The van der Waals surface area contributed by atoms with Crippen LogP contribution in [0.25, 0.3) is 0 Å². The van der Waals surface area contributed by atoms with Crippen LogP contribution in [-0.2, 0) is 9.59 Å². The molecule has 1 heterocycles. The summed E-state index contributed by atoms with van der Waals surface area (Å²) in [6.45, 7) is 3.58. The highest BCUT2D eigenvalue weighted by Crippen LogP contribution is 2.17. The van der Waals surface area contributed by atoms with Gasteiger partial charge in [-0.2, -0.15) is 0 Å². The number of piperazine rings is 1. The first-order valence-electron chi connectivity index (χ1n) is 9.88. The van der Waals surface area contributed by atoms with Gasteiger partial charge in [0, 0.05) is 49.7 Å². The minimum atomic E-state index is -0.0625. The van der Waals surface area contributed by atoms with E-state index in [0.717, 1.165) is 26.2 Å². The van der Waals surface area contributed by atoms with Crippen molar-refractivity contribution in [1.29, 1.82) is 0 Å². The van der Waals surface area contributed by atoms with Crippen molar-refractivity contribution in [3.63, 3.8) is 0 Å². The summed E-state index contributed by atoms with van der Waals surface area (Å²) in [5.41, 5.74) is 1.43. The maximum Gasteiger partial charge on any atom is 0.238 e. The molecule has 0 saturated carbocycles. The van der Waals surface area contributed by atoms with Crippen LogP contribution in [0.15, 0.2) is 48.5 Å². The molecule has 8 nitrogen and oxygen atoms in total.